The van der Waals surface area contributed by atoms with Gasteiger partial charge in [-0.3, -0.25) is 28.7 Å². The molecule has 1 aromatic heterocycles. The van der Waals surface area contributed by atoms with Crippen molar-refractivity contribution >= 4 is 41.6 Å². The van der Waals surface area contributed by atoms with Crippen molar-refractivity contribution in [2.75, 3.05) is 65.3 Å². The van der Waals surface area contributed by atoms with Gasteiger partial charge in [0.15, 0.2) is 0 Å². The van der Waals surface area contributed by atoms with Gasteiger partial charge in [0.1, 0.15) is 29.5 Å². The van der Waals surface area contributed by atoms with Crippen LogP contribution in [-0.4, -0.2) is 160 Å². The number of allylic oxidation sites excluding steroid dienone is 1. The Morgan fingerprint density at radius 3 is 1.91 bits per heavy atom. The van der Waals surface area contributed by atoms with Gasteiger partial charge in [-0.05, 0) is 66.8 Å². The van der Waals surface area contributed by atoms with Gasteiger partial charge in [-0.1, -0.05) is 51.7 Å². The molecule has 3 fully saturated rings. The highest BCUT2D eigenvalue weighted by Crippen LogP contribution is 2.35. The number of nitrogens with one attached hydrogen (secondary N) is 6. The normalized spacial score (nSPS) is 18.5. The number of nitrogens with zero attached hydrogens (tertiary/aromatic N) is 4. The fourth-order valence-corrected chi connectivity index (χ4v) is 9.37. The molecule has 6 atom stereocenters. The maximum Gasteiger partial charge on any atom is 0.407 e. The van der Waals surface area contributed by atoms with Gasteiger partial charge in [0.2, 0.25) is 5.91 Å². The number of fused-ring (bicyclic) bond motifs is 2. The topological polar surface area (TPSA) is 223 Å². The lowest BCUT2D eigenvalue weighted by Crippen LogP contribution is -2.62. The summed E-state index contributed by atoms with van der Waals surface area (Å²) in [5.74, 6) is 2.43. The van der Waals surface area contributed by atoms with Gasteiger partial charge < -0.3 is 50.9 Å². The smallest absolute Gasteiger partial charge is 0.407 e. The van der Waals surface area contributed by atoms with Crippen molar-refractivity contribution in [2.24, 2.45) is 10.8 Å². The Hall–Kier alpha value is -6.94. The fourth-order valence-electron chi connectivity index (χ4n) is 9.37. The average Bonchev–Trinajstić information content (AvgIpc) is 3.62. The Morgan fingerprint density at radius 2 is 1.42 bits per heavy atom. The zero-order chi connectivity index (χ0) is 56.2. The Kier molecular flexibility index (Phi) is 20.3. The van der Waals surface area contributed by atoms with Crippen molar-refractivity contribution < 1.29 is 64.8 Å². The van der Waals surface area contributed by atoms with Gasteiger partial charge in [-0.2, -0.15) is 8.78 Å². The van der Waals surface area contributed by atoms with Crippen LogP contribution in [0.25, 0.3) is 5.57 Å². The number of hydrogen-bond acceptors (Lipinski definition) is 14. The summed E-state index contributed by atoms with van der Waals surface area (Å²) in [6.07, 6.45) is 1.07. The van der Waals surface area contributed by atoms with Crippen LogP contribution in [0.2, 0.25) is 0 Å². The molecule has 77 heavy (non-hydrogen) atoms. The number of piperazine rings is 1. The van der Waals surface area contributed by atoms with Crippen LogP contribution in [0, 0.1) is 39.7 Å². The minimum atomic E-state index is -3.06. The van der Waals surface area contributed by atoms with E-state index in [1.165, 1.54) is 27.7 Å². The quantitative estimate of drug-likeness (QED) is 0.0219. The molecule has 6 rings (SSSR count). The second-order valence-corrected chi connectivity index (χ2v) is 20.5. The van der Waals surface area contributed by atoms with Gasteiger partial charge in [0.05, 0.1) is 59.0 Å². The third-order valence-corrected chi connectivity index (χ3v) is 13.9. The lowest BCUT2D eigenvalue weighted by Gasteiger charge is -2.47. The first-order chi connectivity index (χ1) is 36.6. The van der Waals surface area contributed by atoms with E-state index in [-0.39, 0.29) is 17.6 Å². The van der Waals surface area contributed by atoms with E-state index in [9.17, 15) is 41.8 Å². The Balaban J connectivity index is 1.28. The molecule has 18 nitrogen and oxygen atoms in total. The number of aliphatic hydroxyl groups excluding tert-OH is 1. The molecule has 0 aliphatic carbocycles. The Bertz CT molecular complexity index is 2610. The maximum absolute atomic E-state index is 16.0. The first-order valence-corrected chi connectivity index (χ1v) is 24.8. The van der Waals surface area contributed by atoms with Gasteiger partial charge in [-0.15, -0.1) is 0 Å². The number of amides is 4. The highest BCUT2D eigenvalue weighted by Gasteiger charge is 2.46. The number of rotatable bonds is 23. The number of methoxy groups -OCH3 is 2. The number of hydrogen-bond donors (Lipinski definition) is 7. The molecular formula is C53H66F6N10O8. The summed E-state index contributed by atoms with van der Waals surface area (Å²) in [6, 6.07) is 8.80. The van der Waals surface area contributed by atoms with Gasteiger partial charge >= 0.3 is 18.7 Å². The summed E-state index contributed by atoms with van der Waals surface area (Å²) in [4.78, 5) is 62.7. The number of alkyl halides is 4. The second kappa shape index (κ2) is 26.4. The SMILES string of the molecule is COC(=O)NC(C(=O)N[C@@H](Cc1ccc(C#Cc2ccc(N3CC4CCC(C3)N4C3COC3)nc2)cc1)[C@@H](O)CN(Cc1c(F)cc(/C(C=N)=C/NC(F)F)cc1F)NC(=O)[C@@H](NC(=O)OC)C(C)(C)CF)C(C)(C)CF. The molecule has 3 unspecified atom stereocenters. The predicted molar refractivity (Wildman–Crippen MR) is 273 cm³/mol. The van der Waals surface area contributed by atoms with Crippen molar-refractivity contribution in [1.29, 1.82) is 5.41 Å². The molecule has 4 heterocycles. The zero-order valence-corrected chi connectivity index (χ0v) is 43.6. The number of carbonyl (C=O) groups is 4. The van der Waals surface area contributed by atoms with Crippen LogP contribution in [0.1, 0.15) is 68.4 Å². The Labute approximate surface area is 443 Å². The van der Waals surface area contributed by atoms with Crippen molar-refractivity contribution in [1.82, 2.24) is 41.6 Å². The minimum absolute atomic E-state index is 0.191. The highest BCUT2D eigenvalue weighted by atomic mass is 19.3. The fraction of sp³-hybridized carbons (Fsp3) is 0.509. The van der Waals surface area contributed by atoms with Crippen LogP contribution in [0.15, 0.2) is 60.9 Å². The van der Waals surface area contributed by atoms with Crippen LogP contribution >= 0.6 is 0 Å². The van der Waals surface area contributed by atoms with E-state index >= 15 is 8.78 Å². The maximum atomic E-state index is 16.0. The van der Waals surface area contributed by atoms with Crippen LogP contribution in [0.5, 0.6) is 0 Å². The van der Waals surface area contributed by atoms with Gasteiger partial charge in [-0.25, -0.2) is 28.4 Å². The molecule has 3 aliphatic heterocycles. The summed E-state index contributed by atoms with van der Waals surface area (Å²) in [6.45, 7) is 1.66. The van der Waals surface area contributed by atoms with E-state index in [2.05, 4.69) is 47.8 Å². The molecule has 0 radical (unpaired) electrons. The summed E-state index contributed by atoms with van der Waals surface area (Å²) in [5.41, 5.74) is -0.409. The lowest BCUT2D eigenvalue weighted by atomic mass is 9.84. The number of alkyl carbamates (subject to hydrolysis) is 2. The van der Waals surface area contributed by atoms with Gasteiger partial charge in [0.25, 0.3) is 5.91 Å². The van der Waals surface area contributed by atoms with Crippen LogP contribution in [-0.2, 0) is 36.8 Å². The molecule has 3 aromatic rings. The van der Waals surface area contributed by atoms with Crippen LogP contribution in [0.4, 0.5) is 41.7 Å². The summed E-state index contributed by atoms with van der Waals surface area (Å²) in [7, 11) is 2.03. The van der Waals surface area contributed by atoms with Crippen molar-refractivity contribution in [3.05, 3.63) is 100 Å². The van der Waals surface area contributed by atoms with E-state index in [1.54, 1.807) is 35.8 Å². The zero-order valence-electron chi connectivity index (χ0n) is 43.6. The van der Waals surface area contributed by atoms with Gasteiger partial charge in [0, 0.05) is 90.0 Å². The van der Waals surface area contributed by atoms with E-state index < -0.39 is 109 Å². The van der Waals surface area contributed by atoms with Crippen LogP contribution < -0.4 is 31.6 Å². The molecule has 4 amide bonds. The molecule has 3 aliphatic rings. The van der Waals surface area contributed by atoms with E-state index in [0.29, 0.717) is 47.2 Å². The molecule has 418 valence electrons. The molecule has 2 aromatic carbocycles. The number of pyridine rings is 1. The Morgan fingerprint density at radius 1 is 0.857 bits per heavy atom. The van der Waals surface area contributed by atoms with Crippen molar-refractivity contribution in [3.63, 3.8) is 0 Å². The van der Waals surface area contributed by atoms with E-state index in [1.807, 2.05) is 12.1 Å². The first kappa shape index (κ1) is 59.3. The standard InChI is InChI=1S/C53H66F6N10O8/c1-52(2,29-54)45(64-50(73)75-5)47(71)63-42(17-32-10-7-31(8-11-32)9-12-33-13-16-44(61-21-33)67-23-36-14-15-37(24-67)69(36)38-27-77-28-38)43(70)26-68(66-48(72)46(53(3,4)30-55)65-51(74)76-6)25-39-40(56)18-34(19-41(39)57)35(20-60)22-62-49(58)59/h7-8,10-11,13,16,18-22,36-38,42-43,45-46,49,60,62,70H,14-15,17,23-30H2,1-6H3,(H,63,71)(H,64,73)(H,65,74)(H,66,72)/b35-22+,60-20?/t36?,37?,42-,43-,45?,46+/m0/s1. The predicted octanol–water partition coefficient (Wildman–Crippen LogP) is 4.98. The summed E-state index contributed by atoms with van der Waals surface area (Å²) in [5, 5.41) is 29.5. The molecular weight excluding hydrogens is 1020 g/mol. The average molecular weight is 1090 g/mol. The second-order valence-electron chi connectivity index (χ2n) is 20.5. The number of hydrazine groups is 1. The third-order valence-electron chi connectivity index (χ3n) is 13.9. The third kappa shape index (κ3) is 15.4. The van der Waals surface area contributed by atoms with Crippen molar-refractivity contribution in [3.8, 4) is 11.8 Å². The molecule has 0 spiro atoms. The molecule has 2 bridgehead atoms. The molecule has 24 heteroatoms. The summed E-state index contributed by atoms with van der Waals surface area (Å²) >= 11 is 0. The van der Waals surface area contributed by atoms with E-state index in [0.717, 1.165) is 76.3 Å². The first-order valence-electron chi connectivity index (χ1n) is 24.8. The number of ether oxygens (including phenoxy) is 3. The number of anilines is 1. The monoisotopic (exact) mass is 1080 g/mol. The number of carbonyl (C=O) groups excluding carboxylic acids is 4. The van der Waals surface area contributed by atoms with Crippen molar-refractivity contribution in [2.45, 2.75) is 102 Å². The molecule has 3 saturated heterocycles. The van der Waals surface area contributed by atoms with Crippen LogP contribution in [0.3, 0.4) is 0 Å². The highest BCUT2D eigenvalue weighted by molar-refractivity contribution is 6.08. The summed E-state index contributed by atoms with van der Waals surface area (Å²) < 4.78 is 102. The number of aromatic nitrogens is 1. The number of halogens is 6. The number of benzene rings is 2. The molecule has 0 saturated carbocycles. The van der Waals surface area contributed by atoms with E-state index in [4.69, 9.17) is 19.9 Å². The lowest BCUT2D eigenvalue weighted by molar-refractivity contribution is -0.133. The largest absolute Gasteiger partial charge is 0.453 e. The molecule has 7 N–H and O–H groups in total. The number of aliphatic hydroxyl groups is 1. The minimum Gasteiger partial charge on any atom is -0.453 e.